The van der Waals surface area contributed by atoms with Crippen molar-refractivity contribution in [3.63, 3.8) is 0 Å². The van der Waals surface area contributed by atoms with Gasteiger partial charge in [-0.15, -0.1) is 0 Å². The van der Waals surface area contributed by atoms with Gasteiger partial charge in [0.2, 0.25) is 0 Å². The highest BCUT2D eigenvalue weighted by molar-refractivity contribution is 5.91. The van der Waals surface area contributed by atoms with Gasteiger partial charge in [0, 0.05) is 12.0 Å². The summed E-state index contributed by atoms with van der Waals surface area (Å²) in [4.78, 5) is 12.0. The summed E-state index contributed by atoms with van der Waals surface area (Å²) in [5, 5.41) is 2.99. The molecule has 3 rings (SSSR count). The zero-order valence-electron chi connectivity index (χ0n) is 10.7. The van der Waals surface area contributed by atoms with E-state index < -0.39 is 0 Å². The molecule has 2 aromatic rings. The maximum Gasteiger partial charge on any atom is 0.287 e. The first-order valence-electron chi connectivity index (χ1n) is 6.32. The van der Waals surface area contributed by atoms with E-state index in [0.717, 1.165) is 23.3 Å². The fraction of sp³-hybridized carbons (Fsp3) is 0.267. The SMILES string of the molecule is Cc1cccc2c1OCC[C@@H]2NC(=O)c1ccco1. The molecule has 0 fully saturated rings. The number of furan rings is 1. The Morgan fingerprint density at radius 3 is 3.00 bits per heavy atom. The Kier molecular flexibility index (Phi) is 2.99. The van der Waals surface area contributed by atoms with Crippen LogP contribution in [0.4, 0.5) is 0 Å². The van der Waals surface area contributed by atoms with Crippen molar-refractivity contribution in [3.05, 3.63) is 53.5 Å². The summed E-state index contributed by atoms with van der Waals surface area (Å²) in [7, 11) is 0. The summed E-state index contributed by atoms with van der Waals surface area (Å²) in [5.41, 5.74) is 2.13. The number of nitrogens with one attached hydrogen (secondary N) is 1. The molecule has 0 bridgehead atoms. The molecule has 0 unspecified atom stereocenters. The normalized spacial score (nSPS) is 17.4. The minimum absolute atomic E-state index is 0.0266. The highest BCUT2D eigenvalue weighted by Crippen LogP contribution is 2.34. The van der Waals surface area contributed by atoms with Crippen LogP contribution < -0.4 is 10.1 Å². The molecule has 0 saturated carbocycles. The predicted octanol–water partition coefficient (Wildman–Crippen LogP) is 2.84. The molecule has 4 nitrogen and oxygen atoms in total. The minimum atomic E-state index is -0.190. The van der Waals surface area contributed by atoms with E-state index in [1.165, 1.54) is 6.26 Å². The molecule has 1 aromatic carbocycles. The lowest BCUT2D eigenvalue weighted by Crippen LogP contribution is -2.32. The van der Waals surface area contributed by atoms with Crippen LogP contribution in [0, 0.1) is 6.92 Å². The molecule has 1 amide bonds. The zero-order valence-corrected chi connectivity index (χ0v) is 10.7. The molecule has 0 spiro atoms. The highest BCUT2D eigenvalue weighted by atomic mass is 16.5. The number of hydrogen-bond acceptors (Lipinski definition) is 3. The van der Waals surface area contributed by atoms with Crippen molar-refractivity contribution in [1.82, 2.24) is 5.32 Å². The van der Waals surface area contributed by atoms with Gasteiger partial charge in [0.15, 0.2) is 5.76 Å². The molecule has 1 N–H and O–H groups in total. The summed E-state index contributed by atoms with van der Waals surface area (Å²) >= 11 is 0. The van der Waals surface area contributed by atoms with Crippen LogP contribution in [0.25, 0.3) is 0 Å². The molecular weight excluding hydrogens is 242 g/mol. The Morgan fingerprint density at radius 2 is 2.21 bits per heavy atom. The van der Waals surface area contributed by atoms with E-state index in [2.05, 4.69) is 5.32 Å². The summed E-state index contributed by atoms with van der Waals surface area (Å²) in [6.45, 7) is 2.62. The van der Waals surface area contributed by atoms with Crippen molar-refractivity contribution in [2.24, 2.45) is 0 Å². The van der Waals surface area contributed by atoms with E-state index in [-0.39, 0.29) is 11.9 Å². The second-order valence-electron chi connectivity index (χ2n) is 4.63. The Balaban J connectivity index is 1.84. The second-order valence-corrected chi connectivity index (χ2v) is 4.63. The number of carbonyl (C=O) groups is 1. The van der Waals surface area contributed by atoms with Crippen molar-refractivity contribution in [2.45, 2.75) is 19.4 Å². The van der Waals surface area contributed by atoms with Gasteiger partial charge in [-0.05, 0) is 24.6 Å². The average molecular weight is 257 g/mol. The Hall–Kier alpha value is -2.23. The van der Waals surface area contributed by atoms with E-state index in [0.29, 0.717) is 12.4 Å². The van der Waals surface area contributed by atoms with Gasteiger partial charge in [-0.25, -0.2) is 0 Å². The van der Waals surface area contributed by atoms with Crippen LogP contribution in [0.5, 0.6) is 5.75 Å². The first kappa shape index (κ1) is 11.8. The molecule has 1 aliphatic heterocycles. The van der Waals surface area contributed by atoms with Crippen LogP contribution in [-0.2, 0) is 0 Å². The lowest BCUT2D eigenvalue weighted by molar-refractivity contribution is 0.0896. The third-order valence-corrected chi connectivity index (χ3v) is 3.32. The first-order chi connectivity index (χ1) is 9.25. The van der Waals surface area contributed by atoms with Gasteiger partial charge in [-0.1, -0.05) is 18.2 Å². The Labute approximate surface area is 111 Å². The molecule has 98 valence electrons. The van der Waals surface area contributed by atoms with Gasteiger partial charge in [-0.3, -0.25) is 4.79 Å². The number of aryl methyl sites for hydroxylation is 1. The quantitative estimate of drug-likeness (QED) is 0.900. The maximum atomic E-state index is 12.0. The lowest BCUT2D eigenvalue weighted by Gasteiger charge is -2.27. The van der Waals surface area contributed by atoms with Gasteiger partial charge >= 0.3 is 0 Å². The largest absolute Gasteiger partial charge is 0.493 e. The van der Waals surface area contributed by atoms with Crippen LogP contribution >= 0.6 is 0 Å². The van der Waals surface area contributed by atoms with Crippen LogP contribution in [0.1, 0.15) is 34.1 Å². The topological polar surface area (TPSA) is 51.5 Å². The van der Waals surface area contributed by atoms with Crippen LogP contribution in [0.15, 0.2) is 41.0 Å². The first-order valence-corrected chi connectivity index (χ1v) is 6.32. The van der Waals surface area contributed by atoms with E-state index in [1.807, 2.05) is 25.1 Å². The Bertz CT molecular complexity index is 589. The number of para-hydroxylation sites is 1. The monoisotopic (exact) mass is 257 g/mol. The number of fused-ring (bicyclic) bond motifs is 1. The van der Waals surface area contributed by atoms with Gasteiger partial charge < -0.3 is 14.5 Å². The van der Waals surface area contributed by atoms with Crippen molar-refractivity contribution in [2.75, 3.05) is 6.61 Å². The van der Waals surface area contributed by atoms with Gasteiger partial charge in [-0.2, -0.15) is 0 Å². The summed E-state index contributed by atoms with van der Waals surface area (Å²) in [6.07, 6.45) is 2.26. The molecule has 0 radical (unpaired) electrons. The standard InChI is InChI=1S/C15H15NO3/c1-10-4-2-5-11-12(7-9-19-14(10)11)16-15(17)13-6-3-8-18-13/h2-6,8,12H,7,9H2,1H3,(H,16,17)/t12-/m0/s1. The number of rotatable bonds is 2. The number of amides is 1. The number of carbonyl (C=O) groups excluding carboxylic acids is 1. The summed E-state index contributed by atoms with van der Waals surface area (Å²) in [5.74, 6) is 1.03. The molecular formula is C15H15NO3. The molecule has 1 aromatic heterocycles. The average Bonchev–Trinajstić information content (AvgIpc) is 2.94. The smallest absolute Gasteiger partial charge is 0.287 e. The summed E-state index contributed by atoms with van der Waals surface area (Å²) in [6, 6.07) is 9.32. The number of benzene rings is 1. The molecule has 2 heterocycles. The third-order valence-electron chi connectivity index (χ3n) is 3.32. The van der Waals surface area contributed by atoms with Crippen LogP contribution in [0.2, 0.25) is 0 Å². The minimum Gasteiger partial charge on any atom is -0.493 e. The zero-order chi connectivity index (χ0) is 13.2. The third kappa shape index (κ3) is 2.21. The molecule has 0 aliphatic carbocycles. The highest BCUT2D eigenvalue weighted by Gasteiger charge is 2.24. The Morgan fingerprint density at radius 1 is 1.32 bits per heavy atom. The van der Waals surface area contributed by atoms with E-state index in [4.69, 9.17) is 9.15 Å². The van der Waals surface area contributed by atoms with Crippen LogP contribution in [0.3, 0.4) is 0 Å². The van der Waals surface area contributed by atoms with Gasteiger partial charge in [0.1, 0.15) is 5.75 Å². The molecule has 1 aliphatic rings. The number of hydrogen-bond donors (Lipinski definition) is 1. The van der Waals surface area contributed by atoms with Gasteiger partial charge in [0.05, 0.1) is 18.9 Å². The maximum absolute atomic E-state index is 12.0. The van der Waals surface area contributed by atoms with Crippen molar-refractivity contribution >= 4 is 5.91 Å². The lowest BCUT2D eigenvalue weighted by atomic mass is 9.98. The molecule has 1 atom stereocenters. The van der Waals surface area contributed by atoms with Crippen molar-refractivity contribution in [1.29, 1.82) is 0 Å². The predicted molar refractivity (Wildman–Crippen MR) is 70.2 cm³/mol. The van der Waals surface area contributed by atoms with Gasteiger partial charge in [0.25, 0.3) is 5.91 Å². The second kappa shape index (κ2) is 4.80. The van der Waals surface area contributed by atoms with E-state index in [1.54, 1.807) is 12.1 Å². The van der Waals surface area contributed by atoms with E-state index >= 15 is 0 Å². The molecule has 4 heteroatoms. The van der Waals surface area contributed by atoms with Crippen molar-refractivity contribution < 1.29 is 13.9 Å². The fourth-order valence-electron chi connectivity index (χ4n) is 2.37. The molecule has 19 heavy (non-hydrogen) atoms. The molecule has 0 saturated heterocycles. The number of ether oxygens (including phenoxy) is 1. The fourth-order valence-corrected chi connectivity index (χ4v) is 2.37. The van der Waals surface area contributed by atoms with Crippen molar-refractivity contribution in [3.8, 4) is 5.75 Å². The van der Waals surface area contributed by atoms with Crippen LogP contribution in [-0.4, -0.2) is 12.5 Å². The summed E-state index contributed by atoms with van der Waals surface area (Å²) < 4.78 is 10.8. The van der Waals surface area contributed by atoms with E-state index in [9.17, 15) is 4.79 Å².